The third-order valence-electron chi connectivity index (χ3n) is 2.25. The predicted molar refractivity (Wildman–Crippen MR) is 73.3 cm³/mol. The Hall–Kier alpha value is -0.980. The molecular formula is C11H13Cl2NO4S. The van der Waals surface area contributed by atoms with Gasteiger partial charge in [-0.05, 0) is 24.6 Å². The van der Waals surface area contributed by atoms with Crippen LogP contribution in [0, 0.1) is 0 Å². The molecule has 0 fully saturated rings. The Morgan fingerprint density at radius 2 is 2.11 bits per heavy atom. The van der Waals surface area contributed by atoms with Gasteiger partial charge in [-0.2, -0.15) is 0 Å². The second-order valence-corrected chi connectivity index (χ2v) is 6.62. The Kier molecular flexibility index (Phi) is 5.90. The Morgan fingerprint density at radius 3 is 2.68 bits per heavy atom. The van der Waals surface area contributed by atoms with Crippen LogP contribution in [-0.2, 0) is 13.8 Å². The van der Waals surface area contributed by atoms with E-state index in [1.165, 1.54) is 18.2 Å². The summed E-state index contributed by atoms with van der Waals surface area (Å²) < 4.78 is 28.0. The van der Waals surface area contributed by atoms with Gasteiger partial charge in [-0.15, -0.1) is 0 Å². The number of hydrogen-bond donors (Lipinski definition) is 1. The Bertz CT molecular complexity index is 560. The summed E-state index contributed by atoms with van der Waals surface area (Å²) in [6, 6.07) is 4.15. The molecular weight excluding hydrogens is 313 g/mol. The molecule has 0 aliphatic carbocycles. The van der Waals surface area contributed by atoms with Gasteiger partial charge in [0, 0.05) is 29.2 Å². The Morgan fingerprint density at radius 1 is 1.42 bits per heavy atom. The number of carbonyl (C=O) groups excluding carboxylic acids is 1. The fourth-order valence-corrected chi connectivity index (χ4v) is 2.57. The van der Waals surface area contributed by atoms with Gasteiger partial charge in [-0.1, -0.05) is 11.6 Å². The molecule has 0 aromatic heterocycles. The molecule has 19 heavy (non-hydrogen) atoms. The van der Waals surface area contributed by atoms with Gasteiger partial charge in [0.05, 0.1) is 6.61 Å². The number of rotatable bonds is 6. The quantitative estimate of drug-likeness (QED) is 0.642. The highest BCUT2D eigenvalue weighted by Crippen LogP contribution is 2.29. The first-order valence-corrected chi connectivity index (χ1v) is 8.11. The Labute approximate surface area is 121 Å². The molecule has 0 atom stereocenters. The second-order valence-electron chi connectivity index (χ2n) is 3.65. The first kappa shape index (κ1) is 16.1. The van der Waals surface area contributed by atoms with Crippen LogP contribution in [0.1, 0.15) is 12.8 Å². The summed E-state index contributed by atoms with van der Waals surface area (Å²) in [5.74, 6) is 0.0150. The van der Waals surface area contributed by atoms with Crippen molar-refractivity contribution in [2.45, 2.75) is 17.7 Å². The number of carbonyl (C=O) groups is 1. The predicted octanol–water partition coefficient (Wildman–Crippen LogP) is 2.17. The summed E-state index contributed by atoms with van der Waals surface area (Å²) in [7, 11) is 2.90. The number of amides is 1. The number of ether oxygens (including phenoxy) is 1. The third kappa shape index (κ3) is 5.26. The van der Waals surface area contributed by atoms with Gasteiger partial charge in [-0.25, -0.2) is 8.42 Å². The molecule has 1 N–H and O–H groups in total. The average molecular weight is 326 g/mol. The maximum absolute atomic E-state index is 11.4. The minimum Gasteiger partial charge on any atom is -0.492 e. The zero-order valence-electron chi connectivity index (χ0n) is 10.2. The average Bonchev–Trinajstić information content (AvgIpc) is 2.34. The minimum absolute atomic E-state index is 0.107. The molecule has 8 heteroatoms. The third-order valence-corrected chi connectivity index (χ3v) is 3.83. The maximum Gasteiger partial charge on any atom is 0.265 e. The molecule has 0 unspecified atom stereocenters. The zero-order chi connectivity index (χ0) is 14.5. The lowest BCUT2D eigenvalue weighted by atomic mass is 10.3. The number of halogens is 2. The fraction of sp³-hybridized carbons (Fsp3) is 0.364. The van der Waals surface area contributed by atoms with Gasteiger partial charge in [0.15, 0.2) is 0 Å². The molecule has 0 aliphatic rings. The number of nitrogens with one attached hydrogen (secondary N) is 1. The van der Waals surface area contributed by atoms with Crippen molar-refractivity contribution in [2.75, 3.05) is 13.7 Å². The molecule has 0 bridgehead atoms. The largest absolute Gasteiger partial charge is 0.492 e. The van der Waals surface area contributed by atoms with Gasteiger partial charge in [0.1, 0.15) is 10.6 Å². The molecule has 0 aliphatic heterocycles. The van der Waals surface area contributed by atoms with Crippen LogP contribution in [-0.4, -0.2) is 28.0 Å². The topological polar surface area (TPSA) is 72.5 Å². The van der Waals surface area contributed by atoms with Crippen molar-refractivity contribution >= 4 is 37.2 Å². The maximum atomic E-state index is 11.4. The first-order chi connectivity index (χ1) is 8.84. The molecule has 1 aromatic rings. The van der Waals surface area contributed by atoms with E-state index in [4.69, 9.17) is 27.0 Å². The van der Waals surface area contributed by atoms with E-state index >= 15 is 0 Å². The molecule has 0 heterocycles. The highest BCUT2D eigenvalue weighted by atomic mass is 35.7. The summed E-state index contributed by atoms with van der Waals surface area (Å²) in [5, 5.41) is 2.72. The van der Waals surface area contributed by atoms with Gasteiger partial charge < -0.3 is 10.1 Å². The van der Waals surface area contributed by atoms with Crippen molar-refractivity contribution in [3.05, 3.63) is 23.2 Å². The summed E-state index contributed by atoms with van der Waals surface area (Å²) in [6.07, 6.45) is 0.761. The van der Waals surface area contributed by atoms with E-state index in [0.29, 0.717) is 12.8 Å². The van der Waals surface area contributed by atoms with Crippen LogP contribution in [0.2, 0.25) is 5.02 Å². The zero-order valence-corrected chi connectivity index (χ0v) is 12.5. The van der Waals surface area contributed by atoms with E-state index in [1.54, 1.807) is 7.05 Å². The van der Waals surface area contributed by atoms with Crippen LogP contribution in [0.3, 0.4) is 0 Å². The van der Waals surface area contributed by atoms with Crippen molar-refractivity contribution in [2.24, 2.45) is 0 Å². The SMILES string of the molecule is CNC(=O)CCCOc1ccc(Cl)cc1S(=O)(=O)Cl. The van der Waals surface area contributed by atoms with Crippen LogP contribution in [0.15, 0.2) is 23.1 Å². The lowest BCUT2D eigenvalue weighted by molar-refractivity contribution is -0.120. The smallest absolute Gasteiger partial charge is 0.265 e. The van der Waals surface area contributed by atoms with Crippen molar-refractivity contribution in [3.8, 4) is 5.75 Å². The minimum atomic E-state index is -3.93. The van der Waals surface area contributed by atoms with Gasteiger partial charge >= 0.3 is 0 Å². The van der Waals surface area contributed by atoms with Crippen LogP contribution in [0.4, 0.5) is 0 Å². The molecule has 1 amide bonds. The molecule has 1 aromatic carbocycles. The highest BCUT2D eigenvalue weighted by Gasteiger charge is 2.17. The van der Waals surface area contributed by atoms with Crippen molar-refractivity contribution in [1.29, 1.82) is 0 Å². The van der Waals surface area contributed by atoms with Crippen molar-refractivity contribution in [1.82, 2.24) is 5.32 Å². The van der Waals surface area contributed by atoms with Crippen LogP contribution in [0.25, 0.3) is 0 Å². The van der Waals surface area contributed by atoms with Crippen LogP contribution in [0.5, 0.6) is 5.75 Å². The highest BCUT2D eigenvalue weighted by molar-refractivity contribution is 8.13. The molecule has 106 valence electrons. The monoisotopic (exact) mass is 325 g/mol. The van der Waals surface area contributed by atoms with Gasteiger partial charge in [0.25, 0.3) is 9.05 Å². The number of benzene rings is 1. The fourth-order valence-electron chi connectivity index (χ4n) is 1.33. The first-order valence-electron chi connectivity index (χ1n) is 5.42. The molecule has 0 saturated heterocycles. The van der Waals surface area contributed by atoms with Gasteiger partial charge in [0.2, 0.25) is 5.91 Å². The summed E-state index contributed by atoms with van der Waals surface area (Å²) >= 11 is 5.71. The second kappa shape index (κ2) is 6.98. The lowest BCUT2D eigenvalue weighted by Gasteiger charge is -2.09. The molecule has 5 nitrogen and oxygen atoms in total. The van der Waals surface area contributed by atoms with Crippen molar-refractivity contribution < 1.29 is 17.9 Å². The standard InChI is InChI=1S/C11H13Cl2NO4S/c1-14-11(15)3-2-6-18-9-5-4-8(12)7-10(9)19(13,16)17/h4-5,7H,2-3,6H2,1H3,(H,14,15). The lowest BCUT2D eigenvalue weighted by Crippen LogP contribution is -2.18. The van der Waals surface area contributed by atoms with Crippen LogP contribution >= 0.6 is 22.3 Å². The van der Waals surface area contributed by atoms with Gasteiger partial charge in [-0.3, -0.25) is 4.79 Å². The summed E-state index contributed by atoms with van der Waals surface area (Å²) in [4.78, 5) is 10.8. The molecule has 0 saturated carbocycles. The van der Waals surface area contributed by atoms with E-state index < -0.39 is 9.05 Å². The molecule has 0 radical (unpaired) electrons. The van der Waals surface area contributed by atoms with Crippen molar-refractivity contribution in [3.63, 3.8) is 0 Å². The van der Waals surface area contributed by atoms with E-state index in [-0.39, 0.29) is 28.2 Å². The van der Waals surface area contributed by atoms with E-state index in [0.717, 1.165) is 0 Å². The van der Waals surface area contributed by atoms with E-state index in [2.05, 4.69) is 5.32 Å². The summed E-state index contributed by atoms with van der Waals surface area (Å²) in [6.45, 7) is 0.203. The number of hydrogen-bond acceptors (Lipinski definition) is 4. The Balaban J connectivity index is 2.71. The van der Waals surface area contributed by atoms with E-state index in [1.807, 2.05) is 0 Å². The summed E-state index contributed by atoms with van der Waals surface area (Å²) in [5.41, 5.74) is 0. The molecule has 1 rings (SSSR count). The normalized spacial score (nSPS) is 11.1. The van der Waals surface area contributed by atoms with Crippen LogP contribution < -0.4 is 10.1 Å². The molecule has 0 spiro atoms. The van der Waals surface area contributed by atoms with E-state index in [9.17, 15) is 13.2 Å².